The number of carbonyl (C=O) groups is 1. The Labute approximate surface area is 128 Å². The van der Waals surface area contributed by atoms with Crippen molar-refractivity contribution in [2.75, 3.05) is 13.2 Å². The maximum Gasteiger partial charge on any atom is 0.410 e. The van der Waals surface area contributed by atoms with Crippen LogP contribution in [-0.4, -0.2) is 40.9 Å². The minimum absolute atomic E-state index is 0.0282. The summed E-state index contributed by atoms with van der Waals surface area (Å²) < 4.78 is 5.53. The SMILES string of the molecule is CC(C)[C@@]1(C2CCC2)C[C@@H](CO)N(C(=O)OC(C)(C)C)C1. The Hall–Kier alpha value is -0.770. The van der Waals surface area contributed by atoms with Gasteiger partial charge in [-0.05, 0) is 57.3 Å². The highest BCUT2D eigenvalue weighted by Gasteiger charge is 2.53. The normalized spacial score (nSPS) is 30.6. The van der Waals surface area contributed by atoms with Crippen molar-refractivity contribution in [3.05, 3.63) is 0 Å². The number of aliphatic hydroxyl groups excluding tert-OH is 1. The second-order valence-corrected chi connectivity index (χ2v) is 8.16. The Bertz CT molecular complexity index is 384. The molecule has 0 radical (unpaired) electrons. The van der Waals surface area contributed by atoms with Gasteiger partial charge in [0.1, 0.15) is 5.60 Å². The van der Waals surface area contributed by atoms with Crippen LogP contribution in [0.1, 0.15) is 60.3 Å². The molecule has 1 N–H and O–H groups in total. The molecular formula is C17H31NO3. The largest absolute Gasteiger partial charge is 0.444 e. The van der Waals surface area contributed by atoms with Gasteiger partial charge in [0.05, 0.1) is 12.6 Å². The summed E-state index contributed by atoms with van der Waals surface area (Å²) in [6.07, 6.45) is 4.46. The van der Waals surface area contributed by atoms with Crippen LogP contribution in [0.25, 0.3) is 0 Å². The molecule has 4 heteroatoms. The fraction of sp³-hybridized carbons (Fsp3) is 0.941. The zero-order valence-electron chi connectivity index (χ0n) is 14.2. The highest BCUT2D eigenvalue weighted by molar-refractivity contribution is 5.69. The number of carbonyl (C=O) groups excluding carboxylic acids is 1. The molecule has 0 aromatic rings. The fourth-order valence-corrected chi connectivity index (χ4v) is 3.93. The lowest BCUT2D eigenvalue weighted by Gasteiger charge is -2.46. The molecule has 0 bridgehead atoms. The van der Waals surface area contributed by atoms with Gasteiger partial charge >= 0.3 is 6.09 Å². The molecule has 0 unspecified atom stereocenters. The number of likely N-dealkylation sites (tertiary alicyclic amines) is 1. The van der Waals surface area contributed by atoms with Gasteiger partial charge in [-0.2, -0.15) is 0 Å². The van der Waals surface area contributed by atoms with E-state index in [2.05, 4.69) is 13.8 Å². The highest BCUT2D eigenvalue weighted by Crippen LogP contribution is 2.53. The van der Waals surface area contributed by atoms with E-state index in [1.165, 1.54) is 19.3 Å². The van der Waals surface area contributed by atoms with Crippen molar-refractivity contribution in [3.63, 3.8) is 0 Å². The summed E-state index contributed by atoms with van der Waals surface area (Å²) in [5, 5.41) is 9.72. The van der Waals surface area contributed by atoms with E-state index in [-0.39, 0.29) is 24.2 Å². The molecule has 1 aliphatic heterocycles. The summed E-state index contributed by atoms with van der Waals surface area (Å²) in [5.41, 5.74) is -0.334. The Kier molecular flexibility index (Phi) is 4.57. The summed E-state index contributed by atoms with van der Waals surface area (Å²) in [7, 11) is 0. The summed E-state index contributed by atoms with van der Waals surface area (Å²) >= 11 is 0. The second-order valence-electron chi connectivity index (χ2n) is 8.16. The van der Waals surface area contributed by atoms with Crippen molar-refractivity contribution < 1.29 is 14.6 Å². The molecule has 1 amide bonds. The topological polar surface area (TPSA) is 49.8 Å². The fourth-order valence-electron chi connectivity index (χ4n) is 3.93. The first-order valence-electron chi connectivity index (χ1n) is 8.30. The number of ether oxygens (including phenoxy) is 1. The summed E-state index contributed by atoms with van der Waals surface area (Å²) in [5.74, 6) is 1.21. The first-order valence-corrected chi connectivity index (χ1v) is 8.30. The minimum atomic E-state index is -0.489. The number of aliphatic hydroxyl groups is 1. The monoisotopic (exact) mass is 297 g/mol. The third-order valence-electron chi connectivity index (χ3n) is 5.43. The van der Waals surface area contributed by atoms with Gasteiger partial charge in [-0.15, -0.1) is 0 Å². The Morgan fingerprint density at radius 1 is 1.38 bits per heavy atom. The second kappa shape index (κ2) is 5.79. The molecule has 2 fully saturated rings. The van der Waals surface area contributed by atoms with Crippen LogP contribution in [0.2, 0.25) is 0 Å². The maximum absolute atomic E-state index is 12.5. The molecule has 122 valence electrons. The van der Waals surface area contributed by atoms with E-state index in [1.54, 1.807) is 4.90 Å². The highest BCUT2D eigenvalue weighted by atomic mass is 16.6. The number of nitrogens with zero attached hydrogens (tertiary/aromatic N) is 1. The summed E-state index contributed by atoms with van der Waals surface area (Å²) in [4.78, 5) is 14.2. The standard InChI is InChI=1S/C17H31NO3/c1-12(2)17(13-7-6-8-13)9-14(10-19)18(11-17)15(20)21-16(3,4)5/h12-14,19H,6-11H2,1-5H3/t14-,17+/m0/s1. The van der Waals surface area contributed by atoms with E-state index in [0.29, 0.717) is 11.8 Å². The average Bonchev–Trinajstić information content (AvgIpc) is 2.65. The van der Waals surface area contributed by atoms with Crippen molar-refractivity contribution in [1.29, 1.82) is 0 Å². The van der Waals surface area contributed by atoms with Gasteiger partial charge in [0, 0.05) is 6.54 Å². The van der Waals surface area contributed by atoms with Gasteiger partial charge in [0.15, 0.2) is 0 Å². The predicted octanol–water partition coefficient (Wildman–Crippen LogP) is 3.43. The average molecular weight is 297 g/mol. The molecule has 1 aliphatic carbocycles. The molecule has 0 aromatic heterocycles. The van der Waals surface area contributed by atoms with E-state index in [1.807, 2.05) is 20.8 Å². The van der Waals surface area contributed by atoms with Crippen molar-refractivity contribution in [2.45, 2.75) is 71.9 Å². The van der Waals surface area contributed by atoms with Gasteiger partial charge in [-0.3, -0.25) is 0 Å². The number of hydrogen-bond donors (Lipinski definition) is 1. The van der Waals surface area contributed by atoms with Crippen molar-refractivity contribution in [3.8, 4) is 0 Å². The van der Waals surface area contributed by atoms with Crippen LogP contribution in [-0.2, 0) is 4.74 Å². The first kappa shape index (κ1) is 16.6. The van der Waals surface area contributed by atoms with Crippen molar-refractivity contribution in [2.24, 2.45) is 17.3 Å². The smallest absolute Gasteiger partial charge is 0.410 e. The van der Waals surface area contributed by atoms with Crippen LogP contribution in [0, 0.1) is 17.3 Å². The van der Waals surface area contributed by atoms with Gasteiger partial charge in [-0.25, -0.2) is 4.79 Å². The number of rotatable bonds is 3. The van der Waals surface area contributed by atoms with Gasteiger partial charge < -0.3 is 14.7 Å². The molecule has 1 saturated heterocycles. The third kappa shape index (κ3) is 3.20. The van der Waals surface area contributed by atoms with Crippen LogP contribution in [0.3, 0.4) is 0 Å². The molecule has 1 saturated carbocycles. The lowest BCUT2D eigenvalue weighted by molar-refractivity contribution is 0.00890. The van der Waals surface area contributed by atoms with E-state index >= 15 is 0 Å². The molecule has 2 atom stereocenters. The molecule has 21 heavy (non-hydrogen) atoms. The molecule has 2 rings (SSSR count). The lowest BCUT2D eigenvalue weighted by atomic mass is 9.59. The van der Waals surface area contributed by atoms with E-state index in [4.69, 9.17) is 4.74 Å². The van der Waals surface area contributed by atoms with Crippen LogP contribution in [0.5, 0.6) is 0 Å². The molecule has 0 aromatic carbocycles. The number of hydrogen-bond acceptors (Lipinski definition) is 3. The Morgan fingerprint density at radius 2 is 2.00 bits per heavy atom. The zero-order chi connectivity index (χ0) is 15.8. The van der Waals surface area contributed by atoms with Crippen molar-refractivity contribution >= 4 is 6.09 Å². The predicted molar refractivity (Wildman–Crippen MR) is 83.0 cm³/mol. The van der Waals surface area contributed by atoms with Crippen molar-refractivity contribution in [1.82, 2.24) is 4.90 Å². The molecule has 4 nitrogen and oxygen atoms in total. The van der Waals surface area contributed by atoms with Gasteiger partial charge in [0.2, 0.25) is 0 Å². The van der Waals surface area contributed by atoms with Crippen LogP contribution in [0.15, 0.2) is 0 Å². The molecular weight excluding hydrogens is 266 g/mol. The summed E-state index contributed by atoms with van der Waals surface area (Å²) in [6, 6.07) is -0.0946. The molecule has 0 spiro atoms. The van der Waals surface area contributed by atoms with Gasteiger partial charge in [0.25, 0.3) is 0 Å². The maximum atomic E-state index is 12.5. The quantitative estimate of drug-likeness (QED) is 0.868. The molecule has 2 aliphatic rings. The van der Waals surface area contributed by atoms with Crippen LogP contribution in [0.4, 0.5) is 4.79 Å². The van der Waals surface area contributed by atoms with E-state index in [9.17, 15) is 9.90 Å². The third-order valence-corrected chi connectivity index (χ3v) is 5.43. The van der Waals surface area contributed by atoms with Crippen LogP contribution >= 0.6 is 0 Å². The van der Waals surface area contributed by atoms with Gasteiger partial charge in [-0.1, -0.05) is 20.3 Å². The Morgan fingerprint density at radius 3 is 2.38 bits per heavy atom. The van der Waals surface area contributed by atoms with E-state index < -0.39 is 5.60 Å². The lowest BCUT2D eigenvalue weighted by Crippen LogP contribution is -2.44. The first-order chi connectivity index (χ1) is 9.69. The van der Waals surface area contributed by atoms with Crippen LogP contribution < -0.4 is 0 Å². The zero-order valence-corrected chi connectivity index (χ0v) is 14.2. The minimum Gasteiger partial charge on any atom is -0.444 e. The number of amides is 1. The summed E-state index contributed by atoms with van der Waals surface area (Å²) in [6.45, 7) is 10.9. The van der Waals surface area contributed by atoms with E-state index in [0.717, 1.165) is 13.0 Å². The Balaban J connectivity index is 2.17. The molecule has 1 heterocycles.